The van der Waals surface area contributed by atoms with E-state index in [2.05, 4.69) is 63.7 Å². The SMILES string of the molecule is CCNC(=NCc1cccc(Cn2cncn2)c1)NCCN1CCCCC1CC.I. The van der Waals surface area contributed by atoms with Crippen molar-refractivity contribution in [1.29, 1.82) is 0 Å². The van der Waals surface area contributed by atoms with E-state index in [4.69, 9.17) is 4.99 Å². The number of aromatic nitrogens is 3. The van der Waals surface area contributed by atoms with Crippen molar-refractivity contribution in [2.24, 2.45) is 4.99 Å². The lowest BCUT2D eigenvalue weighted by Gasteiger charge is -2.35. The third kappa shape index (κ3) is 7.86. The van der Waals surface area contributed by atoms with Crippen LogP contribution in [0.3, 0.4) is 0 Å². The minimum Gasteiger partial charge on any atom is -0.357 e. The van der Waals surface area contributed by atoms with Gasteiger partial charge in [0.1, 0.15) is 12.7 Å². The van der Waals surface area contributed by atoms with Gasteiger partial charge in [0.05, 0.1) is 13.1 Å². The second kappa shape index (κ2) is 13.6. The molecule has 0 saturated carbocycles. The van der Waals surface area contributed by atoms with E-state index in [9.17, 15) is 0 Å². The van der Waals surface area contributed by atoms with Crippen molar-refractivity contribution < 1.29 is 0 Å². The van der Waals surface area contributed by atoms with Crippen LogP contribution in [0.4, 0.5) is 0 Å². The Morgan fingerprint density at radius 2 is 2.07 bits per heavy atom. The van der Waals surface area contributed by atoms with Gasteiger partial charge in [0.2, 0.25) is 0 Å². The molecule has 0 bridgehead atoms. The molecule has 2 N–H and O–H groups in total. The normalized spacial score (nSPS) is 17.4. The summed E-state index contributed by atoms with van der Waals surface area (Å²) >= 11 is 0. The van der Waals surface area contributed by atoms with Crippen molar-refractivity contribution in [3.05, 3.63) is 48.0 Å². The van der Waals surface area contributed by atoms with E-state index in [1.54, 1.807) is 12.7 Å². The number of aliphatic imine (C=N–C) groups is 1. The number of guanidine groups is 1. The minimum absolute atomic E-state index is 0. The van der Waals surface area contributed by atoms with Gasteiger partial charge >= 0.3 is 0 Å². The molecule has 1 aromatic carbocycles. The maximum Gasteiger partial charge on any atom is 0.191 e. The number of rotatable bonds is 9. The first kappa shape index (κ1) is 24.6. The third-order valence-corrected chi connectivity index (χ3v) is 5.48. The highest BCUT2D eigenvalue weighted by Crippen LogP contribution is 2.18. The molecule has 1 aliphatic heterocycles. The highest BCUT2D eigenvalue weighted by Gasteiger charge is 2.19. The Morgan fingerprint density at radius 3 is 2.83 bits per heavy atom. The fraction of sp³-hybridized carbons (Fsp3) is 0.591. The molecule has 8 heteroatoms. The lowest BCUT2D eigenvalue weighted by atomic mass is 10.0. The van der Waals surface area contributed by atoms with Crippen LogP contribution in [0.5, 0.6) is 0 Å². The van der Waals surface area contributed by atoms with Crippen LogP contribution in [0.1, 0.15) is 50.7 Å². The third-order valence-electron chi connectivity index (χ3n) is 5.48. The summed E-state index contributed by atoms with van der Waals surface area (Å²) in [5, 5.41) is 11.1. The van der Waals surface area contributed by atoms with Gasteiger partial charge in [0.15, 0.2) is 5.96 Å². The molecule has 1 fully saturated rings. The van der Waals surface area contributed by atoms with Gasteiger partial charge in [-0.1, -0.05) is 37.6 Å². The van der Waals surface area contributed by atoms with Gasteiger partial charge in [-0.25, -0.2) is 14.7 Å². The predicted molar refractivity (Wildman–Crippen MR) is 133 cm³/mol. The molecule has 0 aliphatic carbocycles. The Labute approximate surface area is 197 Å². The molecular formula is C22H36IN7. The van der Waals surface area contributed by atoms with Gasteiger partial charge in [-0.15, -0.1) is 24.0 Å². The Kier molecular flexibility index (Phi) is 11.1. The molecule has 1 saturated heterocycles. The van der Waals surface area contributed by atoms with Crippen LogP contribution in [0.2, 0.25) is 0 Å². The van der Waals surface area contributed by atoms with E-state index >= 15 is 0 Å². The van der Waals surface area contributed by atoms with E-state index in [0.29, 0.717) is 6.54 Å². The smallest absolute Gasteiger partial charge is 0.191 e. The Bertz CT molecular complexity index is 748. The number of likely N-dealkylation sites (tertiary alicyclic amines) is 1. The minimum atomic E-state index is 0. The highest BCUT2D eigenvalue weighted by molar-refractivity contribution is 14.0. The lowest BCUT2D eigenvalue weighted by molar-refractivity contribution is 0.147. The van der Waals surface area contributed by atoms with Crippen LogP contribution in [-0.2, 0) is 13.1 Å². The molecule has 0 amide bonds. The second-order valence-electron chi connectivity index (χ2n) is 7.63. The van der Waals surface area contributed by atoms with Crippen LogP contribution in [0.15, 0.2) is 41.9 Å². The lowest BCUT2D eigenvalue weighted by Crippen LogP contribution is -2.45. The van der Waals surface area contributed by atoms with Gasteiger partial charge in [-0.05, 0) is 43.9 Å². The van der Waals surface area contributed by atoms with Crippen molar-refractivity contribution in [2.45, 2.75) is 58.7 Å². The maximum absolute atomic E-state index is 4.78. The Hall–Kier alpha value is -1.68. The largest absolute Gasteiger partial charge is 0.357 e. The first-order valence-corrected chi connectivity index (χ1v) is 10.9. The van der Waals surface area contributed by atoms with Crippen LogP contribution in [0, 0.1) is 0 Å². The van der Waals surface area contributed by atoms with Crippen LogP contribution >= 0.6 is 24.0 Å². The van der Waals surface area contributed by atoms with Crippen molar-refractivity contribution in [2.75, 3.05) is 26.2 Å². The Balaban J connectivity index is 0.00000320. The van der Waals surface area contributed by atoms with Gasteiger partial charge in [-0.3, -0.25) is 4.90 Å². The molecule has 166 valence electrons. The summed E-state index contributed by atoms with van der Waals surface area (Å²) in [6.45, 7) is 9.88. The molecule has 0 radical (unpaired) electrons. The number of halogens is 1. The molecule has 3 rings (SSSR count). The summed E-state index contributed by atoms with van der Waals surface area (Å²) in [7, 11) is 0. The molecule has 30 heavy (non-hydrogen) atoms. The van der Waals surface area contributed by atoms with Crippen molar-refractivity contribution in [1.82, 2.24) is 30.3 Å². The topological polar surface area (TPSA) is 70.4 Å². The van der Waals surface area contributed by atoms with Crippen molar-refractivity contribution in [3.8, 4) is 0 Å². The van der Waals surface area contributed by atoms with E-state index in [1.165, 1.54) is 43.4 Å². The monoisotopic (exact) mass is 525 g/mol. The molecule has 1 atom stereocenters. The summed E-state index contributed by atoms with van der Waals surface area (Å²) in [4.78, 5) is 11.4. The number of nitrogens with zero attached hydrogens (tertiary/aromatic N) is 5. The van der Waals surface area contributed by atoms with E-state index in [0.717, 1.165) is 38.2 Å². The number of benzene rings is 1. The van der Waals surface area contributed by atoms with Crippen LogP contribution in [0.25, 0.3) is 0 Å². The van der Waals surface area contributed by atoms with Gasteiger partial charge in [0, 0.05) is 25.7 Å². The first-order valence-electron chi connectivity index (χ1n) is 10.9. The summed E-state index contributed by atoms with van der Waals surface area (Å²) in [5.74, 6) is 0.888. The van der Waals surface area contributed by atoms with Crippen LogP contribution < -0.4 is 10.6 Å². The average Bonchev–Trinajstić information content (AvgIpc) is 3.25. The Morgan fingerprint density at radius 1 is 1.20 bits per heavy atom. The fourth-order valence-electron chi connectivity index (χ4n) is 3.97. The summed E-state index contributed by atoms with van der Waals surface area (Å²) in [6.07, 6.45) is 8.60. The average molecular weight is 525 g/mol. The molecule has 2 heterocycles. The fourth-order valence-corrected chi connectivity index (χ4v) is 3.97. The predicted octanol–water partition coefficient (Wildman–Crippen LogP) is 3.26. The summed E-state index contributed by atoms with van der Waals surface area (Å²) < 4.78 is 1.83. The molecule has 1 aromatic heterocycles. The van der Waals surface area contributed by atoms with E-state index in [1.807, 2.05) is 4.68 Å². The second-order valence-corrected chi connectivity index (χ2v) is 7.63. The van der Waals surface area contributed by atoms with Gasteiger partial charge in [0.25, 0.3) is 0 Å². The van der Waals surface area contributed by atoms with Crippen molar-refractivity contribution >= 4 is 29.9 Å². The zero-order valence-corrected chi connectivity index (χ0v) is 20.6. The summed E-state index contributed by atoms with van der Waals surface area (Å²) in [5.41, 5.74) is 2.40. The van der Waals surface area contributed by atoms with E-state index < -0.39 is 0 Å². The molecular weight excluding hydrogens is 489 g/mol. The molecule has 0 spiro atoms. The van der Waals surface area contributed by atoms with Gasteiger partial charge in [-0.2, -0.15) is 5.10 Å². The number of hydrogen-bond acceptors (Lipinski definition) is 4. The summed E-state index contributed by atoms with van der Waals surface area (Å²) in [6, 6.07) is 9.25. The van der Waals surface area contributed by atoms with Crippen molar-refractivity contribution in [3.63, 3.8) is 0 Å². The highest BCUT2D eigenvalue weighted by atomic mass is 127. The number of piperidine rings is 1. The first-order chi connectivity index (χ1) is 14.3. The maximum atomic E-state index is 4.78. The zero-order valence-electron chi connectivity index (χ0n) is 18.3. The van der Waals surface area contributed by atoms with Crippen LogP contribution in [-0.4, -0.2) is 57.8 Å². The van der Waals surface area contributed by atoms with E-state index in [-0.39, 0.29) is 24.0 Å². The molecule has 2 aromatic rings. The molecule has 1 aliphatic rings. The number of hydrogen-bond donors (Lipinski definition) is 2. The molecule has 1 unspecified atom stereocenters. The number of nitrogens with one attached hydrogen (secondary N) is 2. The van der Waals surface area contributed by atoms with Gasteiger partial charge < -0.3 is 10.6 Å². The zero-order chi connectivity index (χ0) is 20.3. The quantitative estimate of drug-likeness (QED) is 0.299. The standard InChI is InChI=1S/C22H35N7.HI/c1-3-21-10-5-6-12-28(21)13-11-25-22(24-4-2)26-15-19-8-7-9-20(14-19)16-29-18-23-17-27-29;/h7-9,14,17-18,21H,3-6,10-13,15-16H2,1-2H3,(H2,24,25,26);1H. The molecule has 7 nitrogen and oxygen atoms in total.